The molecule has 0 aromatic heterocycles. The predicted molar refractivity (Wildman–Crippen MR) is 133 cm³/mol. The summed E-state index contributed by atoms with van der Waals surface area (Å²) in [6.07, 6.45) is -1.17. The zero-order chi connectivity index (χ0) is 25.1. The summed E-state index contributed by atoms with van der Waals surface area (Å²) in [5.74, 6) is 12.2. The van der Waals surface area contributed by atoms with E-state index in [-0.39, 0.29) is 11.6 Å². The first-order valence-electron chi connectivity index (χ1n) is 11.1. The van der Waals surface area contributed by atoms with Crippen LogP contribution in [-0.4, -0.2) is 43.0 Å². The second-order valence-corrected chi connectivity index (χ2v) is 8.26. The summed E-state index contributed by atoms with van der Waals surface area (Å²) in [6.45, 7) is 4.22. The molecule has 0 aliphatic carbocycles. The average molecular weight is 480 g/mol. The molecule has 2 aliphatic rings. The number of hydrazine groups is 1. The van der Waals surface area contributed by atoms with Crippen LogP contribution in [0.1, 0.15) is 22.8 Å². The van der Waals surface area contributed by atoms with Gasteiger partial charge < -0.3 is 21.8 Å². The molecule has 184 valence electrons. The van der Waals surface area contributed by atoms with Crippen LogP contribution in [0.5, 0.6) is 0 Å². The van der Waals surface area contributed by atoms with Gasteiger partial charge in [0.1, 0.15) is 17.7 Å². The van der Waals surface area contributed by atoms with Crippen molar-refractivity contribution in [3.63, 3.8) is 0 Å². The van der Waals surface area contributed by atoms with Crippen molar-refractivity contribution in [1.29, 1.82) is 0 Å². The summed E-state index contributed by atoms with van der Waals surface area (Å²) in [4.78, 5) is 26.6. The number of nitrogens with one attached hydrogen (secondary N) is 4. The number of fused-ring (bicyclic) bond motifs is 1. The Balaban J connectivity index is 1.76. The number of nitrogens with zero attached hydrogens (tertiary/aromatic N) is 5. The first kappa shape index (κ1) is 23.9. The topological polar surface area (TPSA) is 178 Å². The summed E-state index contributed by atoms with van der Waals surface area (Å²) in [6, 6.07) is 11.8. The molecule has 13 heteroatoms. The summed E-state index contributed by atoms with van der Waals surface area (Å²) >= 11 is 0. The van der Waals surface area contributed by atoms with E-state index in [0.717, 1.165) is 11.3 Å². The maximum Gasteiger partial charge on any atom is 0.262 e. The first-order chi connectivity index (χ1) is 16.9. The zero-order valence-electron chi connectivity index (χ0n) is 19.7. The third-order valence-electron chi connectivity index (χ3n) is 6.17. The molecule has 8 N–H and O–H groups in total. The molecule has 35 heavy (non-hydrogen) atoms. The molecule has 0 bridgehead atoms. The Labute approximate surface area is 202 Å². The predicted octanol–water partition coefficient (Wildman–Crippen LogP) is 1.55. The minimum absolute atomic E-state index is 0.207. The Morgan fingerprint density at radius 2 is 2.00 bits per heavy atom. The number of rotatable bonds is 7. The number of nitroso groups, excluding NO2 is 1. The molecule has 0 saturated heterocycles. The maximum atomic E-state index is 13.8. The van der Waals surface area contributed by atoms with E-state index in [1.807, 2.05) is 32.0 Å². The number of aryl methyl sites for hydroxylation is 1. The molecule has 2 heterocycles. The van der Waals surface area contributed by atoms with Gasteiger partial charge in [0.15, 0.2) is 6.29 Å². The Kier molecular flexibility index (Phi) is 6.80. The SMILES string of the molecule is CNC1=C(N(N)C(C)C2Nc3cccc(C)c3C(=O)N2c2cccc(N=O)c2)NC(N=NN)NC1. The van der Waals surface area contributed by atoms with E-state index < -0.39 is 18.5 Å². The average Bonchev–Trinajstić information content (AvgIpc) is 2.87. The molecule has 0 fully saturated rings. The number of hydrogen-bond acceptors (Lipinski definition) is 11. The molecular weight excluding hydrogens is 450 g/mol. The monoisotopic (exact) mass is 479 g/mol. The van der Waals surface area contributed by atoms with Crippen LogP contribution < -0.4 is 37.9 Å². The summed E-state index contributed by atoms with van der Waals surface area (Å²) in [5, 5.41) is 24.7. The third kappa shape index (κ3) is 4.46. The molecule has 2 aromatic rings. The van der Waals surface area contributed by atoms with Crippen LogP contribution in [0.3, 0.4) is 0 Å². The van der Waals surface area contributed by atoms with Crippen molar-refractivity contribution in [3.8, 4) is 0 Å². The lowest BCUT2D eigenvalue weighted by Gasteiger charge is -2.45. The fraction of sp³-hybridized carbons (Fsp3) is 0.318. The Bertz CT molecular complexity index is 1180. The van der Waals surface area contributed by atoms with E-state index in [4.69, 9.17) is 11.7 Å². The van der Waals surface area contributed by atoms with Gasteiger partial charge in [-0.1, -0.05) is 23.4 Å². The van der Waals surface area contributed by atoms with Crippen molar-refractivity contribution in [2.24, 2.45) is 27.2 Å². The number of carbonyl (C=O) groups is 1. The number of nitrogens with two attached hydrogens (primary N) is 2. The first-order valence-corrected chi connectivity index (χ1v) is 11.1. The van der Waals surface area contributed by atoms with Crippen LogP contribution in [0.15, 0.2) is 69.5 Å². The van der Waals surface area contributed by atoms with Crippen LogP contribution in [-0.2, 0) is 0 Å². The lowest BCUT2D eigenvalue weighted by Crippen LogP contribution is -2.63. The van der Waals surface area contributed by atoms with Gasteiger partial charge in [-0.05, 0) is 48.9 Å². The van der Waals surface area contributed by atoms with E-state index in [1.54, 1.807) is 36.2 Å². The largest absolute Gasteiger partial charge is 0.387 e. The molecule has 13 nitrogen and oxygen atoms in total. The number of hydrogen-bond donors (Lipinski definition) is 6. The molecular formula is C22H29N11O2. The number of likely N-dealkylation sites (N-methyl/N-ethyl adjacent to an activating group) is 1. The van der Waals surface area contributed by atoms with Crippen LogP contribution in [0.25, 0.3) is 0 Å². The van der Waals surface area contributed by atoms with Gasteiger partial charge in [-0.25, -0.2) is 5.84 Å². The van der Waals surface area contributed by atoms with Crippen molar-refractivity contribution in [2.75, 3.05) is 23.8 Å². The fourth-order valence-corrected chi connectivity index (χ4v) is 4.34. The zero-order valence-corrected chi connectivity index (χ0v) is 19.7. The molecule has 3 atom stereocenters. The highest BCUT2D eigenvalue weighted by molar-refractivity contribution is 6.13. The highest BCUT2D eigenvalue weighted by Gasteiger charge is 2.40. The van der Waals surface area contributed by atoms with E-state index in [9.17, 15) is 9.70 Å². The van der Waals surface area contributed by atoms with Crippen LogP contribution in [0.4, 0.5) is 17.1 Å². The van der Waals surface area contributed by atoms with Gasteiger partial charge in [0.2, 0.25) is 0 Å². The van der Waals surface area contributed by atoms with Crippen LogP contribution in [0, 0.1) is 11.8 Å². The molecule has 1 amide bonds. The van der Waals surface area contributed by atoms with E-state index in [1.165, 1.54) is 5.01 Å². The number of anilines is 2. The van der Waals surface area contributed by atoms with Gasteiger partial charge in [0, 0.05) is 25.0 Å². The summed E-state index contributed by atoms with van der Waals surface area (Å²) in [7, 11) is 1.79. The van der Waals surface area contributed by atoms with E-state index >= 15 is 0 Å². The van der Waals surface area contributed by atoms with Crippen LogP contribution >= 0.6 is 0 Å². The lowest BCUT2D eigenvalue weighted by atomic mass is 9.99. The van der Waals surface area contributed by atoms with Crippen molar-refractivity contribution >= 4 is 23.0 Å². The molecule has 2 aromatic carbocycles. The van der Waals surface area contributed by atoms with Crippen LogP contribution in [0.2, 0.25) is 0 Å². The van der Waals surface area contributed by atoms with Crippen molar-refractivity contribution < 1.29 is 4.79 Å². The maximum absolute atomic E-state index is 13.8. The lowest BCUT2D eigenvalue weighted by molar-refractivity contribution is 0.0954. The van der Waals surface area contributed by atoms with Gasteiger partial charge in [-0.2, -0.15) is 0 Å². The van der Waals surface area contributed by atoms with E-state index in [2.05, 4.69) is 36.8 Å². The second kappa shape index (κ2) is 9.95. The Morgan fingerprint density at radius 1 is 1.23 bits per heavy atom. The second-order valence-electron chi connectivity index (χ2n) is 8.26. The Hall–Kier alpha value is -4.23. The van der Waals surface area contributed by atoms with Gasteiger partial charge in [-0.15, -0.1) is 10.0 Å². The quantitative estimate of drug-likeness (QED) is 0.149. The highest BCUT2D eigenvalue weighted by atomic mass is 16.3. The van der Waals surface area contributed by atoms with Crippen molar-refractivity contribution in [1.82, 2.24) is 21.0 Å². The smallest absolute Gasteiger partial charge is 0.262 e. The molecule has 0 saturated carbocycles. The highest BCUT2D eigenvalue weighted by Crippen LogP contribution is 2.35. The summed E-state index contributed by atoms with van der Waals surface area (Å²) < 4.78 is 0. The van der Waals surface area contributed by atoms with Gasteiger partial charge in [0.25, 0.3) is 5.91 Å². The number of benzene rings is 2. The molecule has 4 rings (SSSR count). The number of amides is 1. The molecule has 0 radical (unpaired) electrons. The fourth-order valence-electron chi connectivity index (χ4n) is 4.34. The Morgan fingerprint density at radius 3 is 2.71 bits per heavy atom. The molecule has 0 spiro atoms. The van der Waals surface area contributed by atoms with Gasteiger partial charge in [0.05, 0.1) is 17.3 Å². The molecule has 3 unspecified atom stereocenters. The van der Waals surface area contributed by atoms with Gasteiger partial charge in [-0.3, -0.25) is 20.0 Å². The van der Waals surface area contributed by atoms with Crippen molar-refractivity contribution in [3.05, 3.63) is 70.0 Å². The minimum atomic E-state index is -0.597. The molecule has 2 aliphatic heterocycles. The standard InChI is InChI=1S/C22H29N11O2/c1-12-6-4-9-16-18(12)21(34)32(15-8-5-7-14(10-15)30-35)19(27-16)13(2)33(24)20-17(25-3)11-26-22(28-20)29-31-23/h4-10,13,19,22,25-28H,11,24H2,1-3H3,(H2,23,29). The number of carbonyl (C=O) groups excluding carboxylic acids is 1. The van der Waals surface area contributed by atoms with Crippen molar-refractivity contribution in [2.45, 2.75) is 32.3 Å². The minimum Gasteiger partial charge on any atom is -0.387 e. The van der Waals surface area contributed by atoms with Gasteiger partial charge >= 0.3 is 0 Å². The normalized spacial score (nSPS) is 20.7. The third-order valence-corrected chi connectivity index (χ3v) is 6.17. The van der Waals surface area contributed by atoms with E-state index in [0.29, 0.717) is 29.3 Å². The summed E-state index contributed by atoms with van der Waals surface area (Å²) in [5.41, 5.74) is 3.63.